The Morgan fingerprint density at radius 1 is 1.41 bits per heavy atom. The lowest BCUT2D eigenvalue weighted by Crippen LogP contribution is -2.31. The lowest BCUT2D eigenvalue weighted by atomic mass is 9.93. The van der Waals surface area contributed by atoms with E-state index in [1.54, 1.807) is 12.5 Å². The van der Waals surface area contributed by atoms with E-state index in [1.165, 1.54) is 0 Å². The number of furan rings is 1. The average Bonchev–Trinajstić information content (AvgIpc) is 3.27. The SMILES string of the molecule is O=C(N[C@H]1CCCc2occc21)c1cn[nH]c1[C@H]1CCOC1. The summed E-state index contributed by atoms with van der Waals surface area (Å²) in [7, 11) is 0. The topological polar surface area (TPSA) is 80.2 Å². The van der Waals surface area contributed by atoms with Crippen molar-refractivity contribution in [3.05, 3.63) is 41.1 Å². The van der Waals surface area contributed by atoms with Gasteiger partial charge < -0.3 is 14.5 Å². The van der Waals surface area contributed by atoms with Gasteiger partial charge in [-0.15, -0.1) is 0 Å². The summed E-state index contributed by atoms with van der Waals surface area (Å²) >= 11 is 0. The maximum absolute atomic E-state index is 12.6. The van der Waals surface area contributed by atoms with E-state index in [-0.39, 0.29) is 17.9 Å². The molecule has 0 radical (unpaired) electrons. The highest BCUT2D eigenvalue weighted by atomic mass is 16.5. The third kappa shape index (κ3) is 2.33. The van der Waals surface area contributed by atoms with E-state index < -0.39 is 0 Å². The summed E-state index contributed by atoms with van der Waals surface area (Å²) in [5.74, 6) is 1.15. The van der Waals surface area contributed by atoms with E-state index >= 15 is 0 Å². The van der Waals surface area contributed by atoms with Crippen LogP contribution >= 0.6 is 0 Å². The van der Waals surface area contributed by atoms with Gasteiger partial charge in [0, 0.05) is 24.5 Å². The zero-order chi connectivity index (χ0) is 14.9. The first kappa shape index (κ1) is 13.6. The van der Waals surface area contributed by atoms with Crippen LogP contribution in [0.5, 0.6) is 0 Å². The molecule has 2 N–H and O–H groups in total. The van der Waals surface area contributed by atoms with Crippen molar-refractivity contribution < 1.29 is 13.9 Å². The summed E-state index contributed by atoms with van der Waals surface area (Å²) < 4.78 is 10.9. The number of carbonyl (C=O) groups is 1. The molecule has 6 nitrogen and oxygen atoms in total. The van der Waals surface area contributed by atoms with E-state index in [0.29, 0.717) is 12.2 Å². The smallest absolute Gasteiger partial charge is 0.255 e. The number of aromatic nitrogens is 2. The van der Waals surface area contributed by atoms with Crippen LogP contribution in [-0.2, 0) is 11.2 Å². The second-order valence-electron chi connectivity index (χ2n) is 5.98. The zero-order valence-electron chi connectivity index (χ0n) is 12.3. The molecule has 0 aromatic carbocycles. The Bertz CT molecular complexity index is 670. The first-order valence-electron chi connectivity index (χ1n) is 7.81. The quantitative estimate of drug-likeness (QED) is 0.911. The van der Waals surface area contributed by atoms with Crippen LogP contribution in [0.4, 0.5) is 0 Å². The Kier molecular flexibility index (Phi) is 3.46. The van der Waals surface area contributed by atoms with Crippen molar-refractivity contribution >= 4 is 5.91 Å². The van der Waals surface area contributed by atoms with Crippen LogP contribution in [0.15, 0.2) is 22.9 Å². The molecular weight excluding hydrogens is 282 g/mol. The van der Waals surface area contributed by atoms with E-state index in [1.807, 2.05) is 6.07 Å². The van der Waals surface area contributed by atoms with Gasteiger partial charge >= 0.3 is 0 Å². The summed E-state index contributed by atoms with van der Waals surface area (Å²) in [6.45, 7) is 1.39. The van der Waals surface area contributed by atoms with Crippen molar-refractivity contribution in [3.8, 4) is 0 Å². The molecule has 1 aliphatic heterocycles. The first-order chi connectivity index (χ1) is 10.8. The number of rotatable bonds is 3. The Balaban J connectivity index is 1.53. The van der Waals surface area contributed by atoms with Gasteiger partial charge in [-0.05, 0) is 25.3 Å². The van der Waals surface area contributed by atoms with E-state index in [9.17, 15) is 4.79 Å². The van der Waals surface area contributed by atoms with Crippen LogP contribution in [0.3, 0.4) is 0 Å². The van der Waals surface area contributed by atoms with Crippen LogP contribution in [0, 0.1) is 0 Å². The third-order valence-corrected chi connectivity index (χ3v) is 4.61. The lowest BCUT2D eigenvalue weighted by Gasteiger charge is -2.22. The minimum atomic E-state index is -0.0744. The molecular formula is C16H19N3O3. The van der Waals surface area contributed by atoms with Gasteiger partial charge in [0.25, 0.3) is 5.91 Å². The number of ether oxygens (including phenoxy) is 1. The maximum atomic E-state index is 12.6. The van der Waals surface area contributed by atoms with E-state index in [2.05, 4.69) is 15.5 Å². The van der Waals surface area contributed by atoms with Crippen LogP contribution in [0.2, 0.25) is 0 Å². The molecule has 1 saturated heterocycles. The summed E-state index contributed by atoms with van der Waals surface area (Å²) in [5, 5.41) is 10.2. The predicted octanol–water partition coefficient (Wildman–Crippen LogP) is 2.31. The molecule has 0 spiro atoms. The Hall–Kier alpha value is -2.08. The fraction of sp³-hybridized carbons (Fsp3) is 0.500. The van der Waals surface area contributed by atoms with E-state index in [4.69, 9.17) is 9.15 Å². The number of aryl methyl sites for hydroxylation is 1. The number of aromatic amines is 1. The summed E-state index contributed by atoms with van der Waals surface area (Å²) in [5.41, 5.74) is 2.62. The highest BCUT2D eigenvalue weighted by Gasteiger charge is 2.28. The largest absolute Gasteiger partial charge is 0.469 e. The maximum Gasteiger partial charge on any atom is 0.255 e. The van der Waals surface area contributed by atoms with Crippen LogP contribution in [0.1, 0.15) is 58.6 Å². The van der Waals surface area contributed by atoms with Crippen molar-refractivity contribution in [1.82, 2.24) is 15.5 Å². The highest BCUT2D eigenvalue weighted by Crippen LogP contribution is 2.31. The van der Waals surface area contributed by atoms with Gasteiger partial charge in [0.15, 0.2) is 0 Å². The number of hydrogen-bond donors (Lipinski definition) is 2. The van der Waals surface area contributed by atoms with Gasteiger partial charge in [-0.2, -0.15) is 5.10 Å². The molecule has 6 heteroatoms. The number of H-pyrrole nitrogens is 1. The predicted molar refractivity (Wildman–Crippen MR) is 78.6 cm³/mol. The zero-order valence-corrected chi connectivity index (χ0v) is 12.3. The second-order valence-corrected chi connectivity index (χ2v) is 5.98. The van der Waals surface area contributed by atoms with Gasteiger partial charge in [0.2, 0.25) is 0 Å². The minimum absolute atomic E-state index is 0.0255. The summed E-state index contributed by atoms with van der Waals surface area (Å²) in [6.07, 6.45) is 7.16. The molecule has 0 bridgehead atoms. The molecule has 0 unspecified atom stereocenters. The molecule has 2 aromatic rings. The average molecular weight is 301 g/mol. The Morgan fingerprint density at radius 3 is 3.23 bits per heavy atom. The molecule has 1 aliphatic carbocycles. The number of amides is 1. The molecule has 22 heavy (non-hydrogen) atoms. The highest BCUT2D eigenvalue weighted by molar-refractivity contribution is 5.95. The minimum Gasteiger partial charge on any atom is -0.469 e. The molecule has 0 saturated carbocycles. The molecule has 2 atom stereocenters. The summed E-state index contributed by atoms with van der Waals surface area (Å²) in [6, 6.07) is 1.98. The van der Waals surface area contributed by atoms with Crippen molar-refractivity contribution in [2.45, 2.75) is 37.6 Å². The fourth-order valence-electron chi connectivity index (χ4n) is 3.42. The lowest BCUT2D eigenvalue weighted by molar-refractivity contribution is 0.0930. The third-order valence-electron chi connectivity index (χ3n) is 4.61. The van der Waals surface area contributed by atoms with Crippen LogP contribution in [0.25, 0.3) is 0 Å². The summed E-state index contributed by atoms with van der Waals surface area (Å²) in [4.78, 5) is 12.6. The monoisotopic (exact) mass is 301 g/mol. The molecule has 4 rings (SSSR count). The molecule has 2 aliphatic rings. The number of carbonyl (C=O) groups excluding carboxylic acids is 1. The van der Waals surface area contributed by atoms with Crippen LogP contribution in [-0.4, -0.2) is 29.3 Å². The van der Waals surface area contributed by atoms with Gasteiger partial charge in [0.05, 0.1) is 36.4 Å². The number of fused-ring (bicyclic) bond motifs is 1. The van der Waals surface area contributed by atoms with Crippen molar-refractivity contribution in [1.29, 1.82) is 0 Å². The molecule has 1 fully saturated rings. The molecule has 116 valence electrons. The van der Waals surface area contributed by atoms with Gasteiger partial charge in [-0.1, -0.05) is 0 Å². The standard InChI is InChI=1S/C16H19N3O3/c20-16(12-8-17-19-15(12)10-4-6-21-9-10)18-13-2-1-3-14-11(13)5-7-22-14/h5,7-8,10,13H,1-4,6,9H2,(H,17,19)(H,18,20)/t10-,13-/m0/s1. The number of nitrogens with zero attached hydrogens (tertiary/aromatic N) is 1. The molecule has 3 heterocycles. The van der Waals surface area contributed by atoms with Gasteiger partial charge in [-0.25, -0.2) is 0 Å². The molecule has 2 aromatic heterocycles. The van der Waals surface area contributed by atoms with Crippen molar-refractivity contribution in [2.24, 2.45) is 0 Å². The number of nitrogens with one attached hydrogen (secondary N) is 2. The fourth-order valence-corrected chi connectivity index (χ4v) is 3.42. The van der Waals surface area contributed by atoms with Gasteiger partial charge in [-0.3, -0.25) is 9.89 Å². The molecule has 1 amide bonds. The Labute approximate surface area is 128 Å². The number of hydrogen-bond acceptors (Lipinski definition) is 4. The van der Waals surface area contributed by atoms with Gasteiger partial charge in [0.1, 0.15) is 5.76 Å². The van der Waals surface area contributed by atoms with E-state index in [0.717, 1.165) is 49.3 Å². The van der Waals surface area contributed by atoms with Crippen LogP contribution < -0.4 is 5.32 Å². The van der Waals surface area contributed by atoms with Crippen molar-refractivity contribution in [3.63, 3.8) is 0 Å². The second kappa shape index (κ2) is 5.61. The Morgan fingerprint density at radius 2 is 2.36 bits per heavy atom. The normalized spacial score (nSPS) is 24.2. The van der Waals surface area contributed by atoms with Crippen molar-refractivity contribution in [2.75, 3.05) is 13.2 Å². The first-order valence-corrected chi connectivity index (χ1v) is 7.81.